The van der Waals surface area contributed by atoms with Crippen molar-refractivity contribution in [2.45, 2.75) is 96.6 Å². The van der Waals surface area contributed by atoms with Gasteiger partial charge in [-0.3, -0.25) is 28.8 Å². The summed E-state index contributed by atoms with van der Waals surface area (Å²) in [7, 11) is 3.19. The summed E-state index contributed by atoms with van der Waals surface area (Å²) in [6, 6.07) is 41.3. The SMILES string of the molecule is C=CC(=O)N1CCC(Oc2cc(C(N)=O)cc(-c3ccccc3OC)c2)CC1.C=CC(=O)N1CCC(Oc2ccc(C(N)=O)c(-c3ccccc3OC)c2)CC1.C=CC(=O)N1CCC(Oc2cccc(-c3cnoc3C)c2)CC1.C=CC(=O)N1CCC(Oc2cccc(-c3oc(C)nc3C)c2)CC1. The van der Waals surface area contributed by atoms with Gasteiger partial charge in [0.2, 0.25) is 35.4 Å². The minimum absolute atomic E-state index is 0.00110. The molecular formula is C81H90N8O14. The van der Waals surface area contributed by atoms with Crippen LogP contribution in [0.25, 0.3) is 44.7 Å². The molecule has 6 amide bonds. The third kappa shape index (κ3) is 20.5. The third-order valence-electron chi connectivity index (χ3n) is 18.1. The number of aryl methyl sites for hydroxylation is 3. The Morgan fingerprint density at radius 2 is 0.864 bits per heavy atom. The molecule has 2 aromatic heterocycles. The second-order valence-corrected chi connectivity index (χ2v) is 25.0. The molecule has 538 valence electrons. The minimum atomic E-state index is -0.520. The molecule has 8 aromatic rings. The van der Waals surface area contributed by atoms with Crippen LogP contribution in [0.5, 0.6) is 34.5 Å². The van der Waals surface area contributed by atoms with Gasteiger partial charge in [0, 0.05) is 150 Å². The van der Waals surface area contributed by atoms with Crippen LogP contribution in [0.15, 0.2) is 199 Å². The smallest absolute Gasteiger partial charge is 0.249 e. The summed E-state index contributed by atoms with van der Waals surface area (Å²) in [5.74, 6) is 5.30. The van der Waals surface area contributed by atoms with Gasteiger partial charge < -0.3 is 68.4 Å². The number of ether oxygens (including phenoxy) is 6. The Labute approximate surface area is 601 Å². The van der Waals surface area contributed by atoms with E-state index in [-0.39, 0.29) is 48.0 Å². The number of nitrogens with two attached hydrogens (primary N) is 2. The van der Waals surface area contributed by atoms with Crippen LogP contribution in [0.4, 0.5) is 0 Å². The number of rotatable bonds is 20. The number of likely N-dealkylation sites (tertiary alicyclic amines) is 4. The van der Waals surface area contributed by atoms with Crippen molar-refractivity contribution in [3.8, 4) is 79.2 Å². The highest BCUT2D eigenvalue weighted by Crippen LogP contribution is 2.38. The van der Waals surface area contributed by atoms with E-state index in [1.165, 1.54) is 24.3 Å². The average molecular weight is 1400 g/mol. The van der Waals surface area contributed by atoms with Gasteiger partial charge in [0.15, 0.2) is 11.7 Å². The quantitative estimate of drug-likeness (QED) is 0.0671. The number of carbonyl (C=O) groups excluding carboxylic acids is 6. The third-order valence-corrected chi connectivity index (χ3v) is 18.1. The lowest BCUT2D eigenvalue weighted by Gasteiger charge is -2.31. The molecule has 0 radical (unpaired) electrons. The van der Waals surface area contributed by atoms with Crippen LogP contribution in [0.3, 0.4) is 0 Å². The second-order valence-electron chi connectivity index (χ2n) is 25.0. The van der Waals surface area contributed by atoms with Crippen molar-refractivity contribution in [3.63, 3.8) is 0 Å². The van der Waals surface area contributed by atoms with Gasteiger partial charge in [-0.25, -0.2) is 4.98 Å². The number of amides is 6. The molecule has 103 heavy (non-hydrogen) atoms. The van der Waals surface area contributed by atoms with E-state index < -0.39 is 11.8 Å². The van der Waals surface area contributed by atoms with Crippen LogP contribution < -0.4 is 39.9 Å². The lowest BCUT2D eigenvalue weighted by molar-refractivity contribution is -0.128. The number of piperidine rings is 4. The Morgan fingerprint density at radius 3 is 1.28 bits per heavy atom. The second kappa shape index (κ2) is 36.6. The molecule has 0 bridgehead atoms. The summed E-state index contributed by atoms with van der Waals surface area (Å²) in [6.07, 6.45) is 13.5. The van der Waals surface area contributed by atoms with Crippen LogP contribution in [-0.4, -0.2) is 156 Å². The molecule has 4 aliphatic rings. The Morgan fingerprint density at radius 1 is 0.447 bits per heavy atom. The Hall–Kier alpha value is -11.7. The molecule has 4 N–H and O–H groups in total. The van der Waals surface area contributed by atoms with Crippen LogP contribution in [0, 0.1) is 20.8 Å². The summed E-state index contributed by atoms with van der Waals surface area (Å²) in [4.78, 5) is 81.8. The molecule has 0 spiro atoms. The number of nitrogens with zero attached hydrogens (tertiary/aromatic N) is 6. The molecule has 4 fully saturated rings. The summed E-state index contributed by atoms with van der Waals surface area (Å²) in [6.45, 7) is 25.1. The summed E-state index contributed by atoms with van der Waals surface area (Å²) >= 11 is 0. The molecule has 6 heterocycles. The van der Waals surface area contributed by atoms with Gasteiger partial charge in [-0.05, 0) is 122 Å². The lowest BCUT2D eigenvalue weighted by Crippen LogP contribution is -2.41. The van der Waals surface area contributed by atoms with Crippen molar-refractivity contribution >= 4 is 35.4 Å². The van der Waals surface area contributed by atoms with Crippen molar-refractivity contribution in [1.82, 2.24) is 29.7 Å². The highest BCUT2D eigenvalue weighted by atomic mass is 16.5. The number of carbonyl (C=O) groups is 6. The maximum atomic E-state index is 11.9. The normalized spacial score (nSPS) is 14.8. The van der Waals surface area contributed by atoms with E-state index in [9.17, 15) is 28.8 Å². The Kier molecular flexibility index (Phi) is 26.8. The van der Waals surface area contributed by atoms with E-state index in [2.05, 4.69) is 36.5 Å². The number of para-hydroxylation sites is 2. The van der Waals surface area contributed by atoms with E-state index in [0.717, 1.165) is 101 Å². The minimum Gasteiger partial charge on any atom is -0.496 e. The van der Waals surface area contributed by atoms with Gasteiger partial charge >= 0.3 is 0 Å². The fourth-order valence-corrected chi connectivity index (χ4v) is 12.6. The zero-order chi connectivity index (χ0) is 73.5. The number of hydrogen-bond donors (Lipinski definition) is 2. The van der Waals surface area contributed by atoms with Gasteiger partial charge in [0.05, 0.1) is 26.1 Å². The summed E-state index contributed by atoms with van der Waals surface area (Å²) in [5.41, 5.74) is 18.8. The highest BCUT2D eigenvalue weighted by Gasteiger charge is 2.28. The molecule has 0 atom stereocenters. The van der Waals surface area contributed by atoms with E-state index >= 15 is 0 Å². The van der Waals surface area contributed by atoms with Crippen LogP contribution in [-0.2, 0) is 19.2 Å². The monoisotopic (exact) mass is 1400 g/mol. The first kappa shape index (κ1) is 75.5. The number of oxazole rings is 1. The fraction of sp³-hybridized carbons (Fsp3) is 0.309. The molecular weight excluding hydrogens is 1310 g/mol. The van der Waals surface area contributed by atoms with Crippen LogP contribution in [0.1, 0.15) is 89.4 Å². The van der Waals surface area contributed by atoms with Gasteiger partial charge in [-0.2, -0.15) is 0 Å². The number of methoxy groups -OCH3 is 2. The Bertz CT molecular complexity index is 4300. The van der Waals surface area contributed by atoms with Gasteiger partial charge in [-0.1, -0.05) is 92.1 Å². The maximum Gasteiger partial charge on any atom is 0.249 e. The van der Waals surface area contributed by atoms with Crippen LogP contribution in [0.2, 0.25) is 0 Å². The van der Waals surface area contributed by atoms with E-state index in [1.807, 2.05) is 140 Å². The van der Waals surface area contributed by atoms with Crippen molar-refractivity contribution in [1.29, 1.82) is 0 Å². The number of benzene rings is 6. The standard InChI is InChI=1S/2C22H24N2O4.C19H22N2O3.C18H20N2O3/c1-3-21(25)24-10-8-17(9-11-24)28-18-13-15(12-16(14-18)22(23)26)19-6-4-5-7-20(19)27-2;1-3-21(25)24-12-10-15(11-13-24)28-16-8-9-18(22(23)26)19(14-16)17-6-4-5-7-20(17)27-2;1-4-18(22)21-10-8-16(9-11-21)24-17-7-5-6-15(12-17)19-13(2)20-14(3)23-19;1-3-18(21)20-9-7-15(8-10-20)22-16-6-4-5-14(11-16)17-12-19-23-13(17)2/h3-7,12-14,17H,1,8-11H2,2H3,(H2,23,26);3-9,14-15H,1,10-13H2,2H3,(H2,23,26);4-7,12,16H,1,8-11H2,2-3H3;3-6,11-12,15H,1,7-10H2,2H3. The predicted octanol–water partition coefficient (Wildman–Crippen LogP) is 12.8. The van der Waals surface area contributed by atoms with Crippen molar-refractivity contribution in [2.24, 2.45) is 11.5 Å². The Balaban J connectivity index is 0.000000160. The summed E-state index contributed by atoms with van der Waals surface area (Å²) < 4.78 is 46.1. The number of hydrogen-bond acceptors (Lipinski definition) is 16. The van der Waals surface area contributed by atoms with E-state index in [0.29, 0.717) is 111 Å². The van der Waals surface area contributed by atoms with Gasteiger partial charge in [0.25, 0.3) is 0 Å². The zero-order valence-electron chi connectivity index (χ0n) is 59.1. The van der Waals surface area contributed by atoms with Crippen LogP contribution >= 0.6 is 0 Å². The molecule has 4 aliphatic heterocycles. The van der Waals surface area contributed by atoms with Gasteiger partial charge in [0.1, 0.15) is 64.7 Å². The van der Waals surface area contributed by atoms with E-state index in [1.54, 1.807) is 54.5 Å². The highest BCUT2D eigenvalue weighted by molar-refractivity contribution is 6.01. The molecule has 0 aliphatic carbocycles. The van der Waals surface area contributed by atoms with Crippen molar-refractivity contribution in [2.75, 3.05) is 66.6 Å². The molecule has 0 saturated carbocycles. The number of primary amides is 2. The molecule has 4 saturated heterocycles. The summed E-state index contributed by atoms with van der Waals surface area (Å²) in [5, 5.41) is 3.81. The lowest BCUT2D eigenvalue weighted by atomic mass is 9.98. The first-order valence-electron chi connectivity index (χ1n) is 34.3. The molecule has 0 unspecified atom stereocenters. The first-order valence-corrected chi connectivity index (χ1v) is 34.3. The molecule has 22 heteroatoms. The van der Waals surface area contributed by atoms with Gasteiger partial charge in [-0.15, -0.1) is 0 Å². The largest absolute Gasteiger partial charge is 0.496 e. The molecule has 12 rings (SSSR count). The topological polar surface area (TPSA) is 275 Å². The average Bonchev–Trinajstić information content (AvgIpc) is 1.50. The first-order chi connectivity index (χ1) is 49.8. The molecule has 22 nitrogen and oxygen atoms in total. The zero-order valence-corrected chi connectivity index (χ0v) is 59.1. The fourth-order valence-electron chi connectivity index (χ4n) is 12.6. The predicted molar refractivity (Wildman–Crippen MR) is 394 cm³/mol. The van der Waals surface area contributed by atoms with Crippen molar-refractivity contribution in [3.05, 3.63) is 219 Å². The van der Waals surface area contributed by atoms with Crippen molar-refractivity contribution < 1.29 is 66.1 Å². The number of aromatic nitrogens is 2. The maximum absolute atomic E-state index is 11.9. The molecule has 6 aromatic carbocycles. The van der Waals surface area contributed by atoms with E-state index in [4.69, 9.17) is 48.8 Å².